The van der Waals surface area contributed by atoms with Crippen molar-refractivity contribution in [2.24, 2.45) is 11.1 Å². The lowest BCUT2D eigenvalue weighted by Gasteiger charge is -2.20. The van der Waals surface area contributed by atoms with Crippen LogP contribution >= 0.6 is 0 Å². The van der Waals surface area contributed by atoms with Gasteiger partial charge in [-0.2, -0.15) is 0 Å². The van der Waals surface area contributed by atoms with Crippen LogP contribution in [0.25, 0.3) is 0 Å². The van der Waals surface area contributed by atoms with E-state index in [4.69, 9.17) is 10.2 Å². The van der Waals surface area contributed by atoms with E-state index in [0.29, 0.717) is 6.42 Å². The van der Waals surface area contributed by atoms with Gasteiger partial charge in [-0.3, -0.25) is 4.79 Å². The Morgan fingerprint density at radius 3 is 2.64 bits per heavy atom. The van der Waals surface area contributed by atoms with Crippen molar-refractivity contribution in [3.8, 4) is 0 Å². The molecule has 2 N–H and O–H groups in total. The van der Waals surface area contributed by atoms with E-state index in [2.05, 4.69) is 0 Å². The van der Waals surface area contributed by atoms with Crippen LogP contribution in [0.5, 0.6) is 0 Å². The molecule has 0 aromatic carbocycles. The molecule has 14 heavy (non-hydrogen) atoms. The first-order chi connectivity index (χ1) is 6.41. The molecule has 0 amide bonds. The van der Waals surface area contributed by atoms with Crippen molar-refractivity contribution >= 4 is 5.78 Å². The smallest absolute Gasteiger partial charge is 0.155 e. The van der Waals surface area contributed by atoms with Gasteiger partial charge in [-0.25, -0.2) is 0 Å². The average molecular weight is 195 g/mol. The van der Waals surface area contributed by atoms with Crippen molar-refractivity contribution in [3.63, 3.8) is 0 Å². The first-order valence-corrected chi connectivity index (χ1v) is 4.73. The van der Waals surface area contributed by atoms with Crippen molar-refractivity contribution in [1.82, 2.24) is 0 Å². The topological polar surface area (TPSA) is 56.2 Å². The molecule has 0 saturated carbocycles. The maximum atomic E-state index is 11.7. The van der Waals surface area contributed by atoms with E-state index in [0.717, 1.165) is 5.76 Å². The monoisotopic (exact) mass is 195 g/mol. The second kappa shape index (κ2) is 3.96. The van der Waals surface area contributed by atoms with E-state index in [9.17, 15) is 4.79 Å². The summed E-state index contributed by atoms with van der Waals surface area (Å²) in [7, 11) is 0. The predicted molar refractivity (Wildman–Crippen MR) is 54.8 cm³/mol. The van der Waals surface area contributed by atoms with Crippen LogP contribution in [-0.4, -0.2) is 11.8 Å². The van der Waals surface area contributed by atoms with Gasteiger partial charge in [-0.1, -0.05) is 20.8 Å². The molecule has 1 rings (SSSR count). The standard InChI is InChI=1S/C11H17NO2/c1-11(2,3)10(13)9(12)7-8-5-4-6-14-8/h4-6,9H,7,12H2,1-3H3. The molecule has 0 radical (unpaired) electrons. The molecule has 3 heteroatoms. The molecule has 0 aliphatic rings. The van der Waals surface area contributed by atoms with Gasteiger partial charge in [0.25, 0.3) is 0 Å². The third-order valence-corrected chi connectivity index (χ3v) is 2.08. The Hall–Kier alpha value is -1.09. The van der Waals surface area contributed by atoms with Crippen LogP contribution in [0, 0.1) is 5.41 Å². The van der Waals surface area contributed by atoms with E-state index < -0.39 is 6.04 Å². The first-order valence-electron chi connectivity index (χ1n) is 4.73. The Kier molecular flexibility index (Phi) is 3.11. The summed E-state index contributed by atoms with van der Waals surface area (Å²) >= 11 is 0. The van der Waals surface area contributed by atoms with Gasteiger partial charge in [-0.05, 0) is 12.1 Å². The van der Waals surface area contributed by atoms with Gasteiger partial charge in [0.05, 0.1) is 12.3 Å². The predicted octanol–water partition coefficient (Wildman–Crippen LogP) is 1.76. The van der Waals surface area contributed by atoms with Crippen LogP contribution in [0.4, 0.5) is 0 Å². The fraction of sp³-hybridized carbons (Fsp3) is 0.545. The van der Waals surface area contributed by atoms with Crippen molar-refractivity contribution < 1.29 is 9.21 Å². The van der Waals surface area contributed by atoms with Gasteiger partial charge in [0.15, 0.2) is 5.78 Å². The minimum absolute atomic E-state index is 0.0638. The normalized spacial score (nSPS) is 14.0. The molecule has 1 aromatic rings. The van der Waals surface area contributed by atoms with E-state index in [1.54, 1.807) is 12.3 Å². The Bertz CT molecular complexity index is 296. The SMILES string of the molecule is CC(C)(C)C(=O)C(N)Cc1ccco1. The second-order valence-corrected chi connectivity index (χ2v) is 4.50. The number of carbonyl (C=O) groups is 1. The molecule has 0 bridgehead atoms. The zero-order valence-corrected chi connectivity index (χ0v) is 8.91. The molecule has 0 spiro atoms. The van der Waals surface area contributed by atoms with E-state index >= 15 is 0 Å². The van der Waals surface area contributed by atoms with Crippen LogP contribution < -0.4 is 5.73 Å². The minimum atomic E-state index is -0.471. The number of nitrogens with two attached hydrogens (primary N) is 1. The summed E-state index contributed by atoms with van der Waals surface area (Å²) in [5.74, 6) is 0.823. The molecule has 0 aliphatic heterocycles. The summed E-state index contributed by atoms with van der Waals surface area (Å²) in [6.45, 7) is 5.62. The van der Waals surface area contributed by atoms with E-state index in [1.165, 1.54) is 0 Å². The lowest BCUT2D eigenvalue weighted by atomic mass is 9.85. The van der Waals surface area contributed by atoms with Gasteiger partial charge in [0, 0.05) is 11.8 Å². The highest BCUT2D eigenvalue weighted by Gasteiger charge is 2.27. The van der Waals surface area contributed by atoms with Gasteiger partial charge < -0.3 is 10.2 Å². The minimum Gasteiger partial charge on any atom is -0.469 e. The summed E-state index contributed by atoms with van der Waals surface area (Å²) in [5, 5.41) is 0. The van der Waals surface area contributed by atoms with Gasteiger partial charge in [0.2, 0.25) is 0 Å². The number of hydrogen-bond acceptors (Lipinski definition) is 3. The van der Waals surface area contributed by atoms with E-state index in [1.807, 2.05) is 26.8 Å². The molecule has 0 saturated heterocycles. The summed E-state index contributed by atoms with van der Waals surface area (Å²) in [6.07, 6.45) is 2.06. The molecule has 1 unspecified atom stereocenters. The van der Waals surface area contributed by atoms with Gasteiger partial charge in [-0.15, -0.1) is 0 Å². The van der Waals surface area contributed by atoms with E-state index in [-0.39, 0.29) is 11.2 Å². The quantitative estimate of drug-likeness (QED) is 0.799. The molecule has 0 aliphatic carbocycles. The van der Waals surface area contributed by atoms with Crippen molar-refractivity contribution in [3.05, 3.63) is 24.2 Å². The molecular formula is C11H17NO2. The van der Waals surface area contributed by atoms with Crippen LogP contribution in [0.3, 0.4) is 0 Å². The molecular weight excluding hydrogens is 178 g/mol. The Morgan fingerprint density at radius 2 is 2.21 bits per heavy atom. The van der Waals surface area contributed by atoms with Crippen molar-refractivity contribution in [2.75, 3.05) is 0 Å². The third kappa shape index (κ3) is 2.70. The number of ketones is 1. The Morgan fingerprint density at radius 1 is 1.57 bits per heavy atom. The number of carbonyl (C=O) groups excluding carboxylic acids is 1. The van der Waals surface area contributed by atoms with Crippen LogP contribution in [-0.2, 0) is 11.2 Å². The Balaban J connectivity index is 2.59. The summed E-state index contributed by atoms with van der Waals surface area (Å²) in [5.41, 5.74) is 5.40. The highest BCUT2D eigenvalue weighted by molar-refractivity contribution is 5.88. The number of rotatable bonds is 3. The zero-order valence-electron chi connectivity index (χ0n) is 8.91. The number of furan rings is 1. The molecule has 1 aromatic heterocycles. The molecule has 0 fully saturated rings. The highest BCUT2D eigenvalue weighted by atomic mass is 16.3. The number of hydrogen-bond donors (Lipinski definition) is 1. The Labute approximate surface area is 84.3 Å². The third-order valence-electron chi connectivity index (χ3n) is 2.08. The molecule has 1 atom stereocenters. The van der Waals surface area contributed by atoms with Gasteiger partial charge >= 0.3 is 0 Å². The fourth-order valence-corrected chi connectivity index (χ4v) is 1.29. The lowest BCUT2D eigenvalue weighted by molar-refractivity contribution is -0.127. The molecule has 1 heterocycles. The van der Waals surface area contributed by atoms with Crippen LogP contribution in [0.15, 0.2) is 22.8 Å². The van der Waals surface area contributed by atoms with Crippen molar-refractivity contribution in [2.45, 2.75) is 33.2 Å². The summed E-state index contributed by atoms with van der Waals surface area (Å²) < 4.78 is 5.13. The van der Waals surface area contributed by atoms with Gasteiger partial charge in [0.1, 0.15) is 5.76 Å². The highest BCUT2D eigenvalue weighted by Crippen LogP contribution is 2.17. The summed E-state index contributed by atoms with van der Waals surface area (Å²) in [4.78, 5) is 11.7. The first kappa shape index (κ1) is 11.0. The number of Topliss-reactive ketones (excluding diaryl/α,β-unsaturated/α-hetero) is 1. The second-order valence-electron chi connectivity index (χ2n) is 4.50. The van der Waals surface area contributed by atoms with Crippen LogP contribution in [0.1, 0.15) is 26.5 Å². The average Bonchev–Trinajstić information content (AvgIpc) is 2.53. The van der Waals surface area contributed by atoms with Crippen molar-refractivity contribution in [1.29, 1.82) is 0 Å². The maximum Gasteiger partial charge on any atom is 0.155 e. The largest absolute Gasteiger partial charge is 0.469 e. The fourth-order valence-electron chi connectivity index (χ4n) is 1.29. The molecule has 78 valence electrons. The zero-order chi connectivity index (χ0) is 10.8. The van der Waals surface area contributed by atoms with Crippen LogP contribution in [0.2, 0.25) is 0 Å². The lowest BCUT2D eigenvalue weighted by Crippen LogP contribution is -2.40. The maximum absolute atomic E-state index is 11.7. The summed E-state index contributed by atoms with van der Waals surface area (Å²) in [6, 6.07) is 3.15. The molecule has 3 nitrogen and oxygen atoms in total.